The Morgan fingerprint density at radius 1 is 1.28 bits per heavy atom. The lowest BCUT2D eigenvalue weighted by molar-refractivity contribution is -0.139. The van der Waals surface area contributed by atoms with Gasteiger partial charge in [0.15, 0.2) is 0 Å². The van der Waals surface area contributed by atoms with Crippen LogP contribution in [-0.4, -0.2) is 66.2 Å². The lowest BCUT2D eigenvalue weighted by Gasteiger charge is -2.42. The molecule has 1 aliphatic rings. The molecule has 1 aromatic heterocycles. The van der Waals surface area contributed by atoms with Crippen LogP contribution >= 0.6 is 11.3 Å². The number of nitrogens with zero attached hydrogens (tertiary/aromatic N) is 1. The monoisotopic (exact) mass is 368 g/mol. The Balaban J connectivity index is 1.56. The molecule has 25 heavy (non-hydrogen) atoms. The minimum absolute atomic E-state index is 0.0318. The van der Waals surface area contributed by atoms with Crippen LogP contribution in [0.1, 0.15) is 29.4 Å². The summed E-state index contributed by atoms with van der Waals surface area (Å²) in [6.45, 7) is 3.35. The van der Waals surface area contributed by atoms with Crippen molar-refractivity contribution >= 4 is 29.2 Å². The van der Waals surface area contributed by atoms with Crippen LogP contribution < -0.4 is 16.0 Å². The number of thiophene rings is 1. The predicted molar refractivity (Wildman–Crippen MR) is 94.9 cm³/mol. The first-order chi connectivity index (χ1) is 12.0. The van der Waals surface area contributed by atoms with Crippen LogP contribution in [0.2, 0.25) is 0 Å². The van der Waals surface area contributed by atoms with Gasteiger partial charge in [0.25, 0.3) is 5.91 Å². The summed E-state index contributed by atoms with van der Waals surface area (Å²) >= 11 is 1.37. The lowest BCUT2D eigenvalue weighted by Crippen LogP contribution is -2.56. The van der Waals surface area contributed by atoms with Gasteiger partial charge in [0, 0.05) is 25.2 Å². The highest BCUT2D eigenvalue weighted by molar-refractivity contribution is 7.12. The Morgan fingerprint density at radius 3 is 2.60 bits per heavy atom. The number of likely N-dealkylation sites (N-methyl/N-ethyl adjacent to an activating group) is 1. The number of hydrogen-bond acceptors (Lipinski definition) is 5. The fourth-order valence-electron chi connectivity index (χ4n) is 2.76. The van der Waals surface area contributed by atoms with Gasteiger partial charge in [-0.15, -0.1) is 11.3 Å². The molecule has 0 bridgehead atoms. The maximum Gasteiger partial charge on any atom is 0.317 e. The number of nitrogens with one attached hydrogen (secondary N) is 3. The van der Waals surface area contributed by atoms with Crippen molar-refractivity contribution in [2.24, 2.45) is 0 Å². The van der Waals surface area contributed by atoms with Crippen LogP contribution in [0.5, 0.6) is 0 Å². The van der Waals surface area contributed by atoms with Crippen LogP contribution in [0, 0.1) is 0 Å². The molecule has 9 heteroatoms. The van der Waals surface area contributed by atoms with Crippen LogP contribution in [0.3, 0.4) is 0 Å². The van der Waals surface area contributed by atoms with Crippen LogP contribution in [-0.2, 0) is 4.79 Å². The molecule has 0 atom stereocenters. The Labute approximate surface area is 150 Å². The Bertz CT molecular complexity index is 587. The van der Waals surface area contributed by atoms with Crippen LogP contribution in [0.15, 0.2) is 17.5 Å². The van der Waals surface area contributed by atoms with E-state index in [1.165, 1.54) is 11.3 Å². The summed E-state index contributed by atoms with van der Waals surface area (Å²) in [4.78, 5) is 36.9. The standard InChI is InChI=1S/C16H24N4O4S/c1-2-20(10-14(21)22)12-8-11(9-12)19-16(24)18-6-5-17-15(23)13-4-3-7-25-13/h3-4,7,11-12H,2,5-6,8-10H2,1H3,(H,17,23)(H,21,22)(H2,18,19,24). The van der Waals surface area contributed by atoms with E-state index in [2.05, 4.69) is 16.0 Å². The highest BCUT2D eigenvalue weighted by Gasteiger charge is 2.34. The maximum absolute atomic E-state index is 11.8. The van der Waals surface area contributed by atoms with Crippen molar-refractivity contribution in [2.45, 2.75) is 31.8 Å². The highest BCUT2D eigenvalue weighted by atomic mass is 32.1. The number of rotatable bonds is 9. The van der Waals surface area contributed by atoms with Crippen LogP contribution in [0.4, 0.5) is 4.79 Å². The lowest BCUT2D eigenvalue weighted by atomic mass is 9.85. The number of aliphatic carboxylic acids is 1. The average Bonchev–Trinajstić information content (AvgIpc) is 3.06. The van der Waals surface area contributed by atoms with E-state index in [1.54, 1.807) is 6.07 Å². The molecule has 1 aromatic rings. The van der Waals surface area contributed by atoms with Crippen LogP contribution in [0.25, 0.3) is 0 Å². The molecular formula is C16H24N4O4S. The van der Waals surface area contributed by atoms with Crippen molar-refractivity contribution in [3.63, 3.8) is 0 Å². The minimum atomic E-state index is -0.833. The number of hydrogen-bond donors (Lipinski definition) is 4. The summed E-state index contributed by atoms with van der Waals surface area (Å²) in [5, 5.41) is 19.0. The third-order valence-corrected chi connectivity index (χ3v) is 5.02. The molecule has 0 aliphatic heterocycles. The molecule has 0 radical (unpaired) electrons. The molecule has 0 aromatic carbocycles. The zero-order chi connectivity index (χ0) is 18.2. The Hall–Kier alpha value is -2.13. The number of carbonyl (C=O) groups excluding carboxylic acids is 2. The molecular weight excluding hydrogens is 344 g/mol. The molecule has 1 aliphatic carbocycles. The van der Waals surface area contributed by atoms with Crippen molar-refractivity contribution in [3.8, 4) is 0 Å². The average molecular weight is 368 g/mol. The summed E-state index contributed by atoms with van der Waals surface area (Å²) in [5.74, 6) is -0.974. The SMILES string of the molecule is CCN(CC(=O)O)C1CC(NC(=O)NCCNC(=O)c2cccs2)C1. The second-order valence-electron chi connectivity index (χ2n) is 5.91. The maximum atomic E-state index is 11.8. The number of carboxylic acids is 1. The zero-order valence-electron chi connectivity index (χ0n) is 14.2. The largest absolute Gasteiger partial charge is 0.480 e. The third kappa shape index (κ3) is 6.02. The van der Waals surface area contributed by atoms with Crippen molar-refractivity contribution < 1.29 is 19.5 Å². The first kappa shape index (κ1) is 19.2. The molecule has 0 unspecified atom stereocenters. The number of carbonyl (C=O) groups is 3. The number of amides is 3. The molecule has 8 nitrogen and oxygen atoms in total. The second-order valence-corrected chi connectivity index (χ2v) is 6.86. The van der Waals surface area contributed by atoms with Gasteiger partial charge in [-0.2, -0.15) is 0 Å². The molecule has 3 amide bonds. The van der Waals surface area contributed by atoms with E-state index < -0.39 is 5.97 Å². The van der Waals surface area contributed by atoms with Gasteiger partial charge in [0.1, 0.15) is 0 Å². The fourth-order valence-corrected chi connectivity index (χ4v) is 3.40. The normalized spacial score (nSPS) is 19.1. The second kappa shape index (κ2) is 9.38. The van der Waals surface area contributed by atoms with Gasteiger partial charge in [-0.3, -0.25) is 14.5 Å². The van der Waals surface area contributed by atoms with Gasteiger partial charge in [0.05, 0.1) is 11.4 Å². The van der Waals surface area contributed by atoms with Gasteiger partial charge in [-0.1, -0.05) is 13.0 Å². The number of carboxylic acid groups (broad SMARTS) is 1. The molecule has 2 rings (SSSR count). The summed E-state index contributed by atoms with van der Waals surface area (Å²) in [5.41, 5.74) is 0. The van der Waals surface area contributed by atoms with Crippen molar-refractivity contribution in [1.29, 1.82) is 0 Å². The smallest absolute Gasteiger partial charge is 0.317 e. The molecule has 4 N–H and O–H groups in total. The molecule has 1 fully saturated rings. The fraction of sp³-hybridized carbons (Fsp3) is 0.562. The predicted octanol–water partition coefficient (Wildman–Crippen LogP) is 0.715. The van der Waals surface area contributed by atoms with Gasteiger partial charge < -0.3 is 21.1 Å². The van der Waals surface area contributed by atoms with E-state index in [0.717, 1.165) is 12.8 Å². The van der Waals surface area contributed by atoms with Crippen molar-refractivity contribution in [2.75, 3.05) is 26.2 Å². The first-order valence-corrected chi connectivity index (χ1v) is 9.19. The topological polar surface area (TPSA) is 111 Å². The van der Waals surface area contributed by atoms with Gasteiger partial charge in [-0.05, 0) is 30.8 Å². The highest BCUT2D eigenvalue weighted by Crippen LogP contribution is 2.25. The van der Waals surface area contributed by atoms with E-state index in [1.807, 2.05) is 23.3 Å². The van der Waals surface area contributed by atoms with E-state index in [0.29, 0.717) is 24.5 Å². The zero-order valence-corrected chi connectivity index (χ0v) is 15.0. The molecule has 1 saturated carbocycles. The Morgan fingerprint density at radius 2 is 2.00 bits per heavy atom. The van der Waals surface area contributed by atoms with Gasteiger partial charge in [-0.25, -0.2) is 4.79 Å². The van der Waals surface area contributed by atoms with Gasteiger partial charge >= 0.3 is 12.0 Å². The van der Waals surface area contributed by atoms with Crippen molar-refractivity contribution in [1.82, 2.24) is 20.9 Å². The minimum Gasteiger partial charge on any atom is -0.480 e. The first-order valence-electron chi connectivity index (χ1n) is 8.31. The quantitative estimate of drug-likeness (QED) is 0.480. The van der Waals surface area contributed by atoms with Gasteiger partial charge in [0.2, 0.25) is 0 Å². The number of urea groups is 1. The summed E-state index contributed by atoms with van der Waals surface area (Å²) < 4.78 is 0. The molecule has 1 heterocycles. The van der Waals surface area contributed by atoms with E-state index in [4.69, 9.17) is 5.11 Å². The summed E-state index contributed by atoms with van der Waals surface area (Å²) in [6.07, 6.45) is 1.51. The molecule has 138 valence electrons. The van der Waals surface area contributed by atoms with Crippen molar-refractivity contribution in [3.05, 3.63) is 22.4 Å². The van der Waals surface area contributed by atoms with E-state index in [9.17, 15) is 14.4 Å². The summed E-state index contributed by atoms with van der Waals surface area (Å²) in [6, 6.07) is 3.56. The molecule has 0 spiro atoms. The van der Waals surface area contributed by atoms with E-state index >= 15 is 0 Å². The molecule has 0 saturated heterocycles. The van der Waals surface area contributed by atoms with E-state index in [-0.39, 0.29) is 30.6 Å². The summed E-state index contributed by atoms with van der Waals surface area (Å²) in [7, 11) is 0. The Kier molecular flexibility index (Phi) is 7.20. The third-order valence-electron chi connectivity index (χ3n) is 4.15.